The van der Waals surface area contributed by atoms with Gasteiger partial charge in [0.05, 0.1) is 30.7 Å². The molecular formula is C28H40N4O9S. The second-order valence-corrected chi connectivity index (χ2v) is 12.8. The zero-order chi connectivity index (χ0) is 30.9. The van der Waals surface area contributed by atoms with Crippen LogP contribution in [-0.4, -0.2) is 80.8 Å². The van der Waals surface area contributed by atoms with Gasteiger partial charge < -0.3 is 29.4 Å². The minimum Gasteiger partial charge on any atom is -0.475 e. The van der Waals surface area contributed by atoms with Crippen molar-refractivity contribution >= 4 is 27.9 Å². The van der Waals surface area contributed by atoms with Crippen LogP contribution >= 0.6 is 0 Å². The number of methoxy groups -OCH3 is 1. The summed E-state index contributed by atoms with van der Waals surface area (Å²) in [5.74, 6) is -1.61. The van der Waals surface area contributed by atoms with Gasteiger partial charge in [-0.1, -0.05) is 24.6 Å². The number of rotatable bonds is 13. The van der Waals surface area contributed by atoms with E-state index in [0.29, 0.717) is 25.6 Å². The third kappa shape index (κ3) is 9.53. The van der Waals surface area contributed by atoms with Gasteiger partial charge in [0, 0.05) is 13.1 Å². The number of hydrogen-bond donors (Lipinski definition) is 2. The lowest BCUT2D eigenvalue weighted by atomic mass is 9.92. The van der Waals surface area contributed by atoms with Crippen molar-refractivity contribution in [2.75, 3.05) is 26.8 Å². The molecule has 14 heteroatoms. The summed E-state index contributed by atoms with van der Waals surface area (Å²) in [6.07, 6.45) is 4.22. The van der Waals surface area contributed by atoms with Crippen molar-refractivity contribution in [2.24, 2.45) is 11.7 Å². The predicted molar refractivity (Wildman–Crippen MR) is 151 cm³/mol. The second kappa shape index (κ2) is 14.6. The largest absolute Gasteiger partial charge is 0.475 e. The summed E-state index contributed by atoms with van der Waals surface area (Å²) in [7, 11) is -3.13. The molecule has 1 aromatic carbocycles. The third-order valence-corrected chi connectivity index (χ3v) is 8.16. The number of piperidine rings is 1. The Morgan fingerprint density at radius 3 is 2.43 bits per heavy atom. The number of aromatic nitrogens is 1. The second-order valence-electron chi connectivity index (χ2n) is 11.1. The lowest BCUT2D eigenvalue weighted by Crippen LogP contribution is -2.56. The van der Waals surface area contributed by atoms with E-state index in [1.54, 1.807) is 11.0 Å². The Morgan fingerprint density at radius 2 is 1.81 bits per heavy atom. The summed E-state index contributed by atoms with van der Waals surface area (Å²) < 4.78 is 48.4. The molecule has 1 aliphatic heterocycles. The van der Waals surface area contributed by atoms with Gasteiger partial charge in [-0.2, -0.15) is 4.72 Å². The number of ketones is 1. The number of unbranched alkanes of at least 4 members (excludes halogenated alkanes) is 1. The fourth-order valence-corrected chi connectivity index (χ4v) is 5.66. The number of carbonyl (C=O) groups excluding carboxylic acids is 3. The zero-order valence-corrected chi connectivity index (χ0v) is 25.2. The van der Waals surface area contributed by atoms with E-state index in [-0.39, 0.29) is 22.6 Å². The van der Waals surface area contributed by atoms with Crippen molar-refractivity contribution < 1.29 is 41.5 Å². The van der Waals surface area contributed by atoms with Crippen LogP contribution < -0.4 is 15.2 Å². The van der Waals surface area contributed by atoms with Crippen molar-refractivity contribution in [3.05, 3.63) is 42.2 Å². The van der Waals surface area contributed by atoms with E-state index in [9.17, 15) is 22.8 Å². The molecule has 1 fully saturated rings. The number of nitrogens with two attached hydrogens (primary N) is 1. The maximum atomic E-state index is 12.9. The van der Waals surface area contributed by atoms with Crippen LogP contribution in [-0.2, 0) is 24.3 Å². The molecule has 2 heterocycles. The highest BCUT2D eigenvalue weighted by molar-refractivity contribution is 7.89. The molecule has 2 atom stereocenters. The molecule has 3 N–H and O–H groups in total. The fourth-order valence-electron chi connectivity index (χ4n) is 4.43. The summed E-state index contributed by atoms with van der Waals surface area (Å²) in [5, 5.41) is 3.73. The Bertz CT molecular complexity index is 1300. The first-order valence-electron chi connectivity index (χ1n) is 13.8. The first kappa shape index (κ1) is 33.0. The number of esters is 1. The van der Waals surface area contributed by atoms with Crippen LogP contribution in [0.5, 0.6) is 5.88 Å². The lowest BCUT2D eigenvalue weighted by molar-refractivity contribution is -0.142. The topological polar surface area (TPSA) is 180 Å². The van der Waals surface area contributed by atoms with E-state index in [2.05, 4.69) is 14.6 Å². The number of hydrogen-bond acceptors (Lipinski definition) is 11. The van der Waals surface area contributed by atoms with Crippen molar-refractivity contribution in [2.45, 2.75) is 75.5 Å². The average molecular weight is 609 g/mol. The molecule has 3 rings (SSSR count). The number of sulfonamides is 1. The minimum absolute atomic E-state index is 0.0655. The SMILES string of the molecule is COC(=O)C(NS(=O)(=O)c1ccccc1)C(N)C(=O)c1cc(OCCCCC2CCN(C(=O)OC(C)(C)C)CC2)no1. The maximum Gasteiger partial charge on any atom is 0.410 e. The van der Waals surface area contributed by atoms with E-state index in [1.807, 2.05) is 20.8 Å². The molecule has 1 aliphatic rings. The first-order chi connectivity index (χ1) is 19.8. The van der Waals surface area contributed by atoms with Crippen molar-refractivity contribution in [3.63, 3.8) is 0 Å². The van der Waals surface area contributed by atoms with E-state index < -0.39 is 39.5 Å². The van der Waals surface area contributed by atoms with E-state index in [1.165, 1.54) is 30.3 Å². The molecule has 0 bridgehead atoms. The molecule has 2 aromatic rings. The Morgan fingerprint density at radius 1 is 1.14 bits per heavy atom. The molecule has 0 saturated carbocycles. The number of nitrogens with one attached hydrogen (secondary N) is 1. The van der Waals surface area contributed by atoms with Gasteiger partial charge in [0.2, 0.25) is 21.6 Å². The number of likely N-dealkylation sites (tertiary alicyclic amines) is 1. The van der Waals surface area contributed by atoms with Crippen LogP contribution in [0.15, 0.2) is 45.8 Å². The highest BCUT2D eigenvalue weighted by atomic mass is 32.2. The molecule has 1 aromatic heterocycles. The van der Waals surface area contributed by atoms with Crippen molar-refractivity contribution in [1.29, 1.82) is 0 Å². The van der Waals surface area contributed by atoms with Gasteiger partial charge in [-0.05, 0) is 69.7 Å². The smallest absolute Gasteiger partial charge is 0.410 e. The number of nitrogens with zero attached hydrogens (tertiary/aromatic N) is 2. The zero-order valence-electron chi connectivity index (χ0n) is 24.4. The minimum atomic E-state index is -4.19. The van der Waals surface area contributed by atoms with Crippen molar-refractivity contribution in [3.8, 4) is 5.88 Å². The quantitative estimate of drug-likeness (QED) is 0.194. The Labute approximate surface area is 246 Å². The van der Waals surface area contributed by atoms with E-state index >= 15 is 0 Å². The highest BCUT2D eigenvalue weighted by Crippen LogP contribution is 2.24. The monoisotopic (exact) mass is 608 g/mol. The molecule has 0 aliphatic carbocycles. The summed E-state index contributed by atoms with van der Waals surface area (Å²) in [6.45, 7) is 7.26. The van der Waals surface area contributed by atoms with Gasteiger partial charge in [-0.15, -0.1) is 0 Å². The van der Waals surface area contributed by atoms with E-state index in [4.69, 9.17) is 19.7 Å². The number of carbonyl (C=O) groups is 3. The van der Waals surface area contributed by atoms with Gasteiger partial charge in [0.25, 0.3) is 5.88 Å². The van der Waals surface area contributed by atoms with Gasteiger partial charge in [-0.3, -0.25) is 9.59 Å². The number of ether oxygens (including phenoxy) is 3. The molecule has 1 amide bonds. The predicted octanol–water partition coefficient (Wildman–Crippen LogP) is 2.90. The normalized spacial score (nSPS) is 16.0. The number of Topliss-reactive ketones (excluding diaryl/α,β-unsaturated/α-hetero) is 1. The molecule has 0 spiro atoms. The standard InChI is InChI=1S/C28H40N4O9S/c1-28(2,3)40-27(35)32-15-13-19(14-16-32)10-8-9-17-39-22-18-21(41-30-22)25(33)23(29)24(26(34)38-4)31-42(36,37)20-11-6-5-7-12-20/h5-7,11-12,18-19,23-24,31H,8-10,13-17,29H2,1-4H3. The molecule has 13 nitrogen and oxygen atoms in total. The molecular weight excluding hydrogens is 568 g/mol. The number of amides is 1. The summed E-state index contributed by atoms with van der Waals surface area (Å²) in [6, 6.07) is 5.21. The Balaban J connectivity index is 1.44. The maximum absolute atomic E-state index is 12.9. The molecule has 2 unspecified atom stereocenters. The van der Waals surface area contributed by atoms with Crippen LogP contribution in [0, 0.1) is 5.92 Å². The molecule has 232 valence electrons. The van der Waals surface area contributed by atoms with Crippen LogP contribution in [0.1, 0.15) is 63.4 Å². The summed E-state index contributed by atoms with van der Waals surface area (Å²) in [5.41, 5.74) is 5.48. The number of benzene rings is 1. The summed E-state index contributed by atoms with van der Waals surface area (Å²) in [4.78, 5) is 39.1. The molecule has 0 radical (unpaired) electrons. The molecule has 42 heavy (non-hydrogen) atoms. The van der Waals surface area contributed by atoms with Crippen LogP contribution in [0.3, 0.4) is 0 Å². The average Bonchev–Trinajstić information content (AvgIpc) is 3.43. The van der Waals surface area contributed by atoms with Gasteiger partial charge in [0.1, 0.15) is 11.6 Å². The molecule has 1 saturated heterocycles. The lowest BCUT2D eigenvalue weighted by Gasteiger charge is -2.33. The fraction of sp³-hybridized carbons (Fsp3) is 0.571. The summed E-state index contributed by atoms with van der Waals surface area (Å²) >= 11 is 0. The van der Waals surface area contributed by atoms with Crippen molar-refractivity contribution in [1.82, 2.24) is 14.8 Å². The first-order valence-corrected chi connectivity index (χ1v) is 15.3. The Hall–Kier alpha value is -3.49. The third-order valence-electron chi connectivity index (χ3n) is 6.71. The van der Waals surface area contributed by atoms with Crippen LogP contribution in [0.25, 0.3) is 0 Å². The van der Waals surface area contributed by atoms with E-state index in [0.717, 1.165) is 39.2 Å². The highest BCUT2D eigenvalue weighted by Gasteiger charge is 2.37. The van der Waals surface area contributed by atoms with Gasteiger partial charge in [-0.25, -0.2) is 13.2 Å². The van der Waals surface area contributed by atoms with Crippen LogP contribution in [0.2, 0.25) is 0 Å². The Kier molecular flexibility index (Phi) is 11.5. The van der Waals surface area contributed by atoms with Gasteiger partial charge in [0.15, 0.2) is 0 Å². The van der Waals surface area contributed by atoms with Crippen LogP contribution in [0.4, 0.5) is 4.79 Å². The van der Waals surface area contributed by atoms with Gasteiger partial charge >= 0.3 is 12.1 Å².